The number of nitrogens with one attached hydrogen (secondary N) is 2. The largest absolute Gasteiger partial charge is 0.444 e. The number of carbonyl (C=O) groups excluding carboxylic acids is 2. The Morgan fingerprint density at radius 2 is 1.77 bits per heavy atom. The monoisotopic (exact) mass is 618 g/mol. The van der Waals surface area contributed by atoms with E-state index in [-0.39, 0.29) is 40.4 Å². The molecule has 2 amide bonds. The first-order valence-electron chi connectivity index (χ1n) is 14.2. The molecule has 3 heterocycles. The van der Waals surface area contributed by atoms with Gasteiger partial charge in [0.1, 0.15) is 28.5 Å². The molecule has 12 nitrogen and oxygen atoms in total. The topological polar surface area (TPSA) is 147 Å². The number of ether oxygens (including phenoxy) is 2. The van der Waals surface area contributed by atoms with Crippen molar-refractivity contribution < 1.29 is 31.9 Å². The molecular formula is C29H39FN6O6S. The molecule has 2 aromatic heterocycles. The van der Waals surface area contributed by atoms with Gasteiger partial charge < -0.3 is 24.7 Å². The van der Waals surface area contributed by atoms with E-state index >= 15 is 4.39 Å². The molecule has 2 N–H and O–H groups in total. The third-order valence-corrected chi connectivity index (χ3v) is 8.75. The van der Waals surface area contributed by atoms with Crippen molar-refractivity contribution in [2.45, 2.75) is 83.3 Å². The smallest absolute Gasteiger partial charge is 0.414 e. The lowest BCUT2D eigenvalue weighted by Crippen LogP contribution is -2.47. The molecule has 2 fully saturated rings. The van der Waals surface area contributed by atoms with Gasteiger partial charge in [0.15, 0.2) is 0 Å². The number of nitrogens with zero attached hydrogens (tertiary/aromatic N) is 4. The maximum Gasteiger partial charge on any atom is 0.414 e. The second kappa shape index (κ2) is 10.2. The summed E-state index contributed by atoms with van der Waals surface area (Å²) < 4.78 is 51.4. The molecule has 0 spiro atoms. The Balaban J connectivity index is 1.60. The van der Waals surface area contributed by atoms with Crippen LogP contribution in [0.4, 0.5) is 25.5 Å². The first-order chi connectivity index (χ1) is 19.7. The van der Waals surface area contributed by atoms with Gasteiger partial charge in [-0.1, -0.05) is 6.92 Å². The number of fused-ring (bicyclic) bond motifs is 5. The summed E-state index contributed by atoms with van der Waals surface area (Å²) in [6.07, 6.45) is 0.451. The fourth-order valence-corrected chi connectivity index (χ4v) is 6.62. The molecule has 2 aliphatic rings. The Morgan fingerprint density at radius 3 is 2.33 bits per heavy atom. The van der Waals surface area contributed by atoms with E-state index < -0.39 is 39.0 Å². The number of sulfone groups is 1. The number of hydrogen-bond acceptors (Lipinski definition) is 9. The highest BCUT2D eigenvalue weighted by molar-refractivity contribution is 7.90. The van der Waals surface area contributed by atoms with Crippen LogP contribution in [0, 0.1) is 17.7 Å². The lowest BCUT2D eigenvalue weighted by Gasteiger charge is -2.33. The number of halogens is 1. The fraction of sp³-hybridized carbons (Fsp3) is 0.586. The summed E-state index contributed by atoms with van der Waals surface area (Å²) in [5.74, 6) is -0.0689. The van der Waals surface area contributed by atoms with Crippen molar-refractivity contribution >= 4 is 55.5 Å². The minimum Gasteiger partial charge on any atom is -0.444 e. The zero-order chi connectivity index (χ0) is 31.8. The standard InChI is InChI=1S/C29H39FN6O6S/c1-14-17-13-36(19(14)12-18(17)31-26(37)41-28(2,3)4)24-21-16-10-15(30)11-20(35(8)27(38)42-29(5,6)7)22(16)32-23(21)33-25(34-24)43(9,39)40/h10-11,14,17-19H,12-13H2,1-9H3,(H,31,37)(H,32,33,34)/t14-,17+,18-,19+/m1/s1. The lowest BCUT2D eigenvalue weighted by atomic mass is 9.97. The van der Waals surface area contributed by atoms with Crippen LogP contribution in [0.3, 0.4) is 0 Å². The van der Waals surface area contributed by atoms with Gasteiger partial charge in [-0.15, -0.1) is 0 Å². The lowest BCUT2D eigenvalue weighted by molar-refractivity contribution is 0.0488. The van der Waals surface area contributed by atoms with Gasteiger partial charge in [-0.05, 0) is 66.0 Å². The van der Waals surface area contributed by atoms with E-state index in [4.69, 9.17) is 9.47 Å². The molecule has 0 unspecified atom stereocenters. The molecule has 0 radical (unpaired) electrons. The van der Waals surface area contributed by atoms with E-state index in [9.17, 15) is 18.0 Å². The Labute approximate surface area is 250 Å². The number of aromatic amines is 1. The van der Waals surface area contributed by atoms with Gasteiger partial charge in [-0.25, -0.2) is 27.4 Å². The van der Waals surface area contributed by atoms with E-state index in [1.54, 1.807) is 41.5 Å². The van der Waals surface area contributed by atoms with Gasteiger partial charge >= 0.3 is 12.2 Å². The number of piperidine rings is 1. The molecule has 1 saturated carbocycles. The highest BCUT2D eigenvalue weighted by atomic mass is 32.2. The second-order valence-corrected chi connectivity index (χ2v) is 15.5. The van der Waals surface area contributed by atoms with Crippen LogP contribution < -0.4 is 15.1 Å². The van der Waals surface area contributed by atoms with Crippen LogP contribution in [0.5, 0.6) is 0 Å². The number of anilines is 2. The molecule has 14 heteroatoms. The normalized spacial score (nSPS) is 22.3. The SMILES string of the molecule is C[C@@H]1[C@@H]2CN(c3nc(S(C)(=O)=O)nc4[nH]c5c(N(C)C(=O)OC(C)(C)C)cc(F)cc5c34)[C@H]1C[C@H]2NC(=O)OC(C)(C)C. The summed E-state index contributed by atoms with van der Waals surface area (Å²) in [4.78, 5) is 40.6. The summed E-state index contributed by atoms with van der Waals surface area (Å²) in [7, 11) is -2.35. The Hall–Kier alpha value is -3.68. The van der Waals surface area contributed by atoms with Crippen molar-refractivity contribution in [3.63, 3.8) is 0 Å². The third kappa shape index (κ3) is 5.93. The van der Waals surface area contributed by atoms with Gasteiger partial charge in [0, 0.05) is 43.2 Å². The van der Waals surface area contributed by atoms with E-state index in [1.165, 1.54) is 24.1 Å². The molecule has 4 atom stereocenters. The van der Waals surface area contributed by atoms with Crippen LogP contribution in [-0.4, -0.2) is 78.7 Å². The predicted molar refractivity (Wildman–Crippen MR) is 161 cm³/mol. The number of H-pyrrole nitrogens is 1. The average Bonchev–Trinajstić information content (AvgIpc) is 3.47. The van der Waals surface area contributed by atoms with E-state index in [0.717, 1.165) is 6.26 Å². The average molecular weight is 619 g/mol. The number of benzene rings is 1. The van der Waals surface area contributed by atoms with Crippen LogP contribution in [0.1, 0.15) is 54.9 Å². The number of hydrogen-bond donors (Lipinski definition) is 2. The fourth-order valence-electron chi connectivity index (χ4n) is 6.11. The number of amides is 2. The van der Waals surface area contributed by atoms with Crippen molar-refractivity contribution in [1.82, 2.24) is 20.3 Å². The zero-order valence-electron chi connectivity index (χ0n) is 25.9. The molecule has 1 aliphatic carbocycles. The number of aromatic nitrogens is 3. The van der Waals surface area contributed by atoms with E-state index in [2.05, 4.69) is 27.2 Å². The molecule has 43 heavy (non-hydrogen) atoms. The number of alkyl carbamates (subject to hydrolysis) is 1. The Kier molecular flexibility index (Phi) is 7.30. The van der Waals surface area contributed by atoms with Gasteiger partial charge in [0.2, 0.25) is 9.84 Å². The summed E-state index contributed by atoms with van der Waals surface area (Å²) in [6.45, 7) is 13.2. The van der Waals surface area contributed by atoms with Crippen LogP contribution in [-0.2, 0) is 19.3 Å². The quantitative estimate of drug-likeness (QED) is 0.395. The molecule has 234 valence electrons. The Bertz CT molecular complexity index is 1730. The molecular weight excluding hydrogens is 579 g/mol. The third-order valence-electron chi connectivity index (χ3n) is 7.90. The molecule has 1 saturated heterocycles. The minimum atomic E-state index is -3.82. The predicted octanol–water partition coefficient (Wildman–Crippen LogP) is 4.76. The van der Waals surface area contributed by atoms with Gasteiger partial charge in [-0.3, -0.25) is 4.90 Å². The zero-order valence-corrected chi connectivity index (χ0v) is 26.7. The molecule has 2 bridgehead atoms. The van der Waals surface area contributed by atoms with Crippen molar-refractivity contribution in [2.24, 2.45) is 11.8 Å². The van der Waals surface area contributed by atoms with Crippen molar-refractivity contribution in [1.29, 1.82) is 0 Å². The van der Waals surface area contributed by atoms with Gasteiger partial charge in [-0.2, -0.15) is 4.98 Å². The van der Waals surface area contributed by atoms with Crippen molar-refractivity contribution in [2.75, 3.05) is 29.6 Å². The highest BCUT2D eigenvalue weighted by Gasteiger charge is 2.52. The Morgan fingerprint density at radius 1 is 1.12 bits per heavy atom. The minimum absolute atomic E-state index is 0.0417. The number of carbonyl (C=O) groups is 2. The summed E-state index contributed by atoms with van der Waals surface area (Å²) in [6, 6.07) is 2.31. The molecule has 5 rings (SSSR count). The molecule has 1 aliphatic heterocycles. The maximum atomic E-state index is 15.1. The van der Waals surface area contributed by atoms with Crippen molar-refractivity contribution in [3.8, 4) is 0 Å². The van der Waals surface area contributed by atoms with Crippen LogP contribution >= 0.6 is 0 Å². The summed E-state index contributed by atoms with van der Waals surface area (Å²) >= 11 is 0. The number of rotatable bonds is 4. The highest BCUT2D eigenvalue weighted by Crippen LogP contribution is 2.47. The van der Waals surface area contributed by atoms with Crippen molar-refractivity contribution in [3.05, 3.63) is 17.9 Å². The van der Waals surface area contributed by atoms with Gasteiger partial charge in [0.05, 0.1) is 16.6 Å². The first kappa shape index (κ1) is 30.8. The van der Waals surface area contributed by atoms with Crippen LogP contribution in [0.2, 0.25) is 0 Å². The molecule has 3 aromatic rings. The second-order valence-electron chi connectivity index (χ2n) is 13.6. The van der Waals surface area contributed by atoms with E-state index in [0.29, 0.717) is 35.1 Å². The summed E-state index contributed by atoms with van der Waals surface area (Å²) in [5, 5.41) is 3.47. The van der Waals surface area contributed by atoms with Crippen LogP contribution in [0.15, 0.2) is 17.3 Å². The summed E-state index contributed by atoms with van der Waals surface area (Å²) in [5.41, 5.74) is -0.623. The molecule has 1 aromatic carbocycles. The maximum absolute atomic E-state index is 15.1. The van der Waals surface area contributed by atoms with Crippen LogP contribution in [0.25, 0.3) is 21.9 Å². The van der Waals surface area contributed by atoms with E-state index in [1.807, 2.05) is 4.90 Å². The van der Waals surface area contributed by atoms with Gasteiger partial charge in [0.25, 0.3) is 5.16 Å². The first-order valence-corrected chi connectivity index (χ1v) is 16.1.